The molecule has 0 spiro atoms. The van der Waals surface area contributed by atoms with Crippen molar-refractivity contribution in [2.24, 2.45) is 5.92 Å². The fraction of sp³-hybridized carbons (Fsp3) is 0.647. The fourth-order valence-corrected chi connectivity index (χ4v) is 5.92. The van der Waals surface area contributed by atoms with Crippen LogP contribution in [-0.2, 0) is 6.42 Å². The number of hydrogen-bond donors (Lipinski definition) is 0. The lowest BCUT2D eigenvalue weighted by molar-refractivity contribution is 0.302. The van der Waals surface area contributed by atoms with Crippen LogP contribution >= 0.6 is 0 Å². The third kappa shape index (κ3) is 9.59. The lowest BCUT2D eigenvalue weighted by atomic mass is 9.77. The van der Waals surface area contributed by atoms with Crippen LogP contribution in [0.15, 0.2) is 48.5 Å². The monoisotopic (exact) mass is 460 g/mol. The zero-order valence-electron chi connectivity index (χ0n) is 22.5. The van der Waals surface area contributed by atoms with E-state index in [9.17, 15) is 0 Å². The average Bonchev–Trinajstić information content (AvgIpc) is 2.89. The predicted molar refractivity (Wildman–Crippen MR) is 152 cm³/mol. The molecule has 188 valence electrons. The summed E-state index contributed by atoms with van der Waals surface area (Å²) >= 11 is 0. The summed E-state index contributed by atoms with van der Waals surface area (Å²) in [5.74, 6) is 1.78. The van der Waals surface area contributed by atoms with E-state index in [1.807, 2.05) is 0 Å². The van der Waals surface area contributed by atoms with E-state index in [0.717, 1.165) is 11.8 Å². The van der Waals surface area contributed by atoms with Crippen LogP contribution in [0.4, 0.5) is 0 Å². The molecule has 0 saturated heterocycles. The molecule has 0 amide bonds. The van der Waals surface area contributed by atoms with Crippen molar-refractivity contribution in [3.8, 4) is 11.1 Å². The van der Waals surface area contributed by atoms with E-state index in [0.29, 0.717) is 0 Å². The van der Waals surface area contributed by atoms with Crippen molar-refractivity contribution >= 4 is 0 Å². The molecule has 0 radical (unpaired) electrons. The van der Waals surface area contributed by atoms with Crippen LogP contribution in [0.3, 0.4) is 0 Å². The lowest BCUT2D eigenvalue weighted by Crippen LogP contribution is -2.13. The van der Waals surface area contributed by atoms with Gasteiger partial charge >= 0.3 is 0 Å². The maximum Gasteiger partial charge on any atom is -0.0162 e. The highest BCUT2D eigenvalue weighted by Crippen LogP contribution is 2.38. The van der Waals surface area contributed by atoms with Crippen LogP contribution in [0, 0.1) is 5.92 Å². The quantitative estimate of drug-likeness (QED) is 0.218. The molecule has 2 aromatic carbocycles. The second-order valence-electron chi connectivity index (χ2n) is 11.1. The fourth-order valence-electron chi connectivity index (χ4n) is 5.92. The third-order valence-electron chi connectivity index (χ3n) is 8.30. The van der Waals surface area contributed by atoms with Crippen molar-refractivity contribution in [3.05, 3.63) is 59.7 Å². The minimum Gasteiger partial charge on any atom is -0.0654 e. The molecule has 0 unspecified atom stereocenters. The third-order valence-corrected chi connectivity index (χ3v) is 8.30. The van der Waals surface area contributed by atoms with E-state index in [4.69, 9.17) is 0 Å². The van der Waals surface area contributed by atoms with E-state index in [1.54, 1.807) is 5.56 Å². The molecule has 0 N–H and O–H groups in total. The first kappa shape index (κ1) is 27.0. The molecule has 3 rings (SSSR count). The van der Waals surface area contributed by atoms with Gasteiger partial charge in [-0.25, -0.2) is 0 Å². The van der Waals surface area contributed by atoms with Gasteiger partial charge in [0.1, 0.15) is 0 Å². The molecule has 0 atom stereocenters. The first-order valence-corrected chi connectivity index (χ1v) is 15.0. The second kappa shape index (κ2) is 16.2. The zero-order chi connectivity index (χ0) is 23.8. The highest BCUT2D eigenvalue weighted by atomic mass is 14.3. The summed E-state index contributed by atoms with van der Waals surface area (Å²) in [7, 11) is 0. The summed E-state index contributed by atoms with van der Waals surface area (Å²) in [4.78, 5) is 0. The van der Waals surface area contributed by atoms with Crippen LogP contribution in [0.1, 0.15) is 140 Å². The van der Waals surface area contributed by atoms with Crippen molar-refractivity contribution in [3.63, 3.8) is 0 Å². The molecule has 0 nitrogen and oxygen atoms in total. The average molecular weight is 461 g/mol. The summed E-state index contributed by atoms with van der Waals surface area (Å²) in [6.07, 6.45) is 25.3. The molecular weight excluding hydrogens is 408 g/mol. The summed E-state index contributed by atoms with van der Waals surface area (Å²) in [5, 5.41) is 0. The van der Waals surface area contributed by atoms with Crippen LogP contribution < -0.4 is 0 Å². The van der Waals surface area contributed by atoms with Crippen molar-refractivity contribution in [2.45, 2.75) is 135 Å². The number of hydrogen-bond acceptors (Lipinski definition) is 0. The number of rotatable bonds is 16. The Bertz CT molecular complexity index is 746. The second-order valence-corrected chi connectivity index (χ2v) is 11.1. The molecule has 2 aromatic rings. The molecule has 0 heterocycles. The maximum absolute atomic E-state index is 2.41. The van der Waals surface area contributed by atoms with E-state index >= 15 is 0 Å². The first-order chi connectivity index (χ1) is 16.8. The molecule has 1 saturated carbocycles. The number of aryl methyl sites for hydroxylation is 1. The molecule has 0 bridgehead atoms. The van der Waals surface area contributed by atoms with Gasteiger partial charge in [-0.05, 0) is 72.6 Å². The van der Waals surface area contributed by atoms with Gasteiger partial charge in [0.25, 0.3) is 0 Å². The van der Waals surface area contributed by atoms with Gasteiger partial charge in [0, 0.05) is 0 Å². The highest BCUT2D eigenvalue weighted by molar-refractivity contribution is 5.64. The minimum absolute atomic E-state index is 0.787. The van der Waals surface area contributed by atoms with Crippen LogP contribution in [0.5, 0.6) is 0 Å². The van der Waals surface area contributed by atoms with E-state index < -0.39 is 0 Å². The van der Waals surface area contributed by atoms with Crippen LogP contribution in [-0.4, -0.2) is 0 Å². The Morgan fingerprint density at radius 3 is 1.62 bits per heavy atom. The molecule has 1 aliphatic carbocycles. The van der Waals surface area contributed by atoms with Crippen molar-refractivity contribution in [2.75, 3.05) is 0 Å². The smallest absolute Gasteiger partial charge is 0.0162 e. The number of benzene rings is 2. The minimum atomic E-state index is 0.787. The topological polar surface area (TPSA) is 0 Å². The molecule has 0 heteroatoms. The van der Waals surface area contributed by atoms with Gasteiger partial charge in [0.15, 0.2) is 0 Å². The Morgan fingerprint density at radius 1 is 0.529 bits per heavy atom. The SMILES string of the molecule is CCCCCCCCCC1CCC(c2ccc(-c3ccc(CCCCCCC)cc3)cc2)CC1. The van der Waals surface area contributed by atoms with Gasteiger partial charge in [-0.2, -0.15) is 0 Å². The highest BCUT2D eigenvalue weighted by Gasteiger charge is 2.22. The van der Waals surface area contributed by atoms with Gasteiger partial charge in [0.2, 0.25) is 0 Å². The Morgan fingerprint density at radius 2 is 1.03 bits per heavy atom. The van der Waals surface area contributed by atoms with Crippen LogP contribution in [0.25, 0.3) is 11.1 Å². The van der Waals surface area contributed by atoms with Gasteiger partial charge in [-0.3, -0.25) is 0 Å². The van der Waals surface area contributed by atoms with Crippen LogP contribution in [0.2, 0.25) is 0 Å². The molecule has 34 heavy (non-hydrogen) atoms. The maximum atomic E-state index is 2.41. The summed E-state index contributed by atoms with van der Waals surface area (Å²) in [6, 6.07) is 18.9. The lowest BCUT2D eigenvalue weighted by Gasteiger charge is -2.29. The molecule has 1 fully saturated rings. The van der Waals surface area contributed by atoms with Crippen molar-refractivity contribution in [1.82, 2.24) is 0 Å². The van der Waals surface area contributed by atoms with E-state index in [2.05, 4.69) is 62.4 Å². The van der Waals surface area contributed by atoms with Gasteiger partial charge in [-0.1, -0.05) is 139 Å². The summed E-state index contributed by atoms with van der Waals surface area (Å²) < 4.78 is 0. The van der Waals surface area contributed by atoms with E-state index in [-0.39, 0.29) is 0 Å². The molecule has 1 aliphatic rings. The Labute approximate surface area is 212 Å². The standard InChI is InChI=1S/C34H52/c1-3-5-7-9-10-12-14-16-30-19-23-32(24-20-30)34-27-25-33(26-28-34)31-21-17-29(18-22-31)15-13-11-8-6-4-2/h17-18,21-22,25-28,30,32H,3-16,19-20,23-24H2,1-2H3. The van der Waals surface area contributed by atoms with Gasteiger partial charge < -0.3 is 0 Å². The largest absolute Gasteiger partial charge is 0.0654 e. The van der Waals surface area contributed by atoms with Gasteiger partial charge in [-0.15, -0.1) is 0 Å². The first-order valence-electron chi connectivity index (χ1n) is 15.0. The Hall–Kier alpha value is -1.56. The molecule has 0 aliphatic heterocycles. The Kier molecular flexibility index (Phi) is 12.9. The van der Waals surface area contributed by atoms with Crippen molar-refractivity contribution < 1.29 is 0 Å². The normalized spacial score (nSPS) is 18.3. The molecular formula is C34H52. The Balaban J connectivity index is 1.36. The molecule has 0 aromatic heterocycles. The number of unbranched alkanes of at least 4 members (excludes halogenated alkanes) is 10. The van der Waals surface area contributed by atoms with Crippen molar-refractivity contribution in [1.29, 1.82) is 0 Å². The van der Waals surface area contributed by atoms with Gasteiger partial charge in [0.05, 0.1) is 0 Å². The predicted octanol–water partition coefficient (Wildman–Crippen LogP) is 11.3. The van der Waals surface area contributed by atoms with E-state index in [1.165, 1.54) is 132 Å². The zero-order valence-corrected chi connectivity index (χ0v) is 22.5. The summed E-state index contributed by atoms with van der Waals surface area (Å²) in [6.45, 7) is 4.59. The summed E-state index contributed by atoms with van der Waals surface area (Å²) in [5.41, 5.74) is 5.79.